The summed E-state index contributed by atoms with van der Waals surface area (Å²) in [5, 5.41) is 12.5. The molecule has 0 spiro atoms. The molecule has 1 unspecified atom stereocenters. The average Bonchev–Trinajstić information content (AvgIpc) is 3.37. The van der Waals surface area contributed by atoms with E-state index in [0.29, 0.717) is 30.6 Å². The van der Waals surface area contributed by atoms with Crippen molar-refractivity contribution in [2.24, 2.45) is 0 Å². The van der Waals surface area contributed by atoms with E-state index in [1.165, 1.54) is 0 Å². The maximum atomic E-state index is 5.83. The van der Waals surface area contributed by atoms with Crippen molar-refractivity contribution in [3.05, 3.63) is 59.4 Å². The first-order chi connectivity index (χ1) is 12.3. The van der Waals surface area contributed by atoms with Gasteiger partial charge in [0.05, 0.1) is 19.0 Å². The third-order valence-electron chi connectivity index (χ3n) is 4.49. The molecule has 0 bridgehead atoms. The molecule has 3 aromatic rings. The summed E-state index contributed by atoms with van der Waals surface area (Å²) in [6, 6.07) is 10.3. The largest absolute Gasteiger partial charge is 0.424 e. The zero-order valence-electron chi connectivity index (χ0n) is 14.3. The van der Waals surface area contributed by atoms with Crippen molar-refractivity contribution in [2.45, 2.75) is 45.2 Å². The molecule has 1 saturated heterocycles. The van der Waals surface area contributed by atoms with Gasteiger partial charge in [0.1, 0.15) is 0 Å². The predicted octanol–water partition coefficient (Wildman–Crippen LogP) is 2.94. The zero-order chi connectivity index (χ0) is 17.1. The average molecular weight is 339 g/mol. The molecule has 2 aromatic heterocycles. The Balaban J connectivity index is 1.43. The zero-order valence-corrected chi connectivity index (χ0v) is 14.3. The molecular formula is C18H21N5O2. The topological polar surface area (TPSA) is 81.1 Å². The van der Waals surface area contributed by atoms with E-state index in [1.54, 1.807) is 0 Å². The number of benzene rings is 1. The second-order valence-corrected chi connectivity index (χ2v) is 6.28. The smallest absolute Gasteiger partial charge is 0.230 e. The molecule has 0 radical (unpaired) electrons. The summed E-state index contributed by atoms with van der Waals surface area (Å²) in [5.41, 5.74) is 1.16. The van der Waals surface area contributed by atoms with E-state index in [4.69, 9.17) is 8.94 Å². The van der Waals surface area contributed by atoms with Gasteiger partial charge in [0.25, 0.3) is 0 Å². The van der Waals surface area contributed by atoms with Crippen LogP contribution in [0.5, 0.6) is 0 Å². The maximum absolute atomic E-state index is 5.83. The van der Waals surface area contributed by atoms with Gasteiger partial charge in [-0.25, -0.2) is 0 Å². The van der Waals surface area contributed by atoms with Crippen LogP contribution in [0.15, 0.2) is 39.3 Å². The number of likely N-dealkylation sites (tertiary alicyclic amines) is 1. The van der Waals surface area contributed by atoms with Crippen LogP contribution in [-0.4, -0.2) is 31.8 Å². The molecule has 25 heavy (non-hydrogen) atoms. The summed E-state index contributed by atoms with van der Waals surface area (Å²) in [6.07, 6.45) is 3.54. The summed E-state index contributed by atoms with van der Waals surface area (Å²) in [7, 11) is 0. The first-order valence-electron chi connectivity index (χ1n) is 8.73. The van der Waals surface area contributed by atoms with Crippen LogP contribution in [0.1, 0.15) is 54.9 Å². The van der Waals surface area contributed by atoms with Crippen molar-refractivity contribution in [3.63, 3.8) is 0 Å². The lowest BCUT2D eigenvalue weighted by molar-refractivity contribution is 0.210. The molecule has 7 nitrogen and oxygen atoms in total. The quantitative estimate of drug-likeness (QED) is 0.683. The molecule has 1 aliphatic heterocycles. The number of aryl methyl sites for hydroxylation is 1. The Labute approximate surface area is 146 Å². The highest BCUT2D eigenvalue weighted by Crippen LogP contribution is 2.31. The van der Waals surface area contributed by atoms with Gasteiger partial charge >= 0.3 is 0 Å². The van der Waals surface area contributed by atoms with Gasteiger partial charge in [0, 0.05) is 6.42 Å². The summed E-state index contributed by atoms with van der Waals surface area (Å²) in [5.74, 6) is 2.73. The number of hydrogen-bond acceptors (Lipinski definition) is 7. The molecule has 1 aliphatic rings. The summed E-state index contributed by atoms with van der Waals surface area (Å²) in [4.78, 5) is 6.76. The van der Waals surface area contributed by atoms with E-state index in [0.717, 1.165) is 37.2 Å². The number of nitrogens with zero attached hydrogens (tertiary/aromatic N) is 5. The molecule has 0 aliphatic carbocycles. The van der Waals surface area contributed by atoms with Gasteiger partial charge in [0.2, 0.25) is 17.7 Å². The first-order valence-corrected chi connectivity index (χ1v) is 8.73. The monoisotopic (exact) mass is 339 g/mol. The van der Waals surface area contributed by atoms with Crippen molar-refractivity contribution in [1.82, 2.24) is 25.2 Å². The van der Waals surface area contributed by atoms with E-state index in [1.807, 2.05) is 25.1 Å². The predicted molar refractivity (Wildman–Crippen MR) is 89.6 cm³/mol. The van der Waals surface area contributed by atoms with Gasteiger partial charge in [-0.1, -0.05) is 42.4 Å². The lowest BCUT2D eigenvalue weighted by atomic mass is 10.2. The van der Waals surface area contributed by atoms with Crippen LogP contribution >= 0.6 is 0 Å². The highest BCUT2D eigenvalue weighted by atomic mass is 16.5. The second kappa shape index (κ2) is 7.14. The Morgan fingerprint density at radius 2 is 1.96 bits per heavy atom. The molecule has 7 heteroatoms. The van der Waals surface area contributed by atoms with Crippen LogP contribution in [0.3, 0.4) is 0 Å². The fourth-order valence-electron chi connectivity index (χ4n) is 3.22. The maximum Gasteiger partial charge on any atom is 0.230 e. The SMILES string of the molecule is CCc1nc(C2CCCN2Cc2nnc(Cc3ccccc3)o2)no1. The minimum Gasteiger partial charge on any atom is -0.424 e. The molecule has 0 saturated carbocycles. The van der Waals surface area contributed by atoms with E-state index >= 15 is 0 Å². The van der Waals surface area contributed by atoms with Gasteiger partial charge in [-0.05, 0) is 24.9 Å². The molecule has 1 atom stereocenters. The molecule has 3 heterocycles. The summed E-state index contributed by atoms with van der Waals surface area (Å²) < 4.78 is 11.1. The molecular weight excluding hydrogens is 318 g/mol. The summed E-state index contributed by atoms with van der Waals surface area (Å²) in [6.45, 7) is 3.59. The van der Waals surface area contributed by atoms with Gasteiger partial charge < -0.3 is 8.94 Å². The lowest BCUT2D eigenvalue weighted by Crippen LogP contribution is -2.23. The van der Waals surface area contributed by atoms with Gasteiger partial charge in [-0.15, -0.1) is 10.2 Å². The standard InChI is InChI=1S/C18H21N5O2/c1-2-15-19-18(22-25-15)14-9-6-10-23(14)12-17-21-20-16(24-17)11-13-7-4-3-5-8-13/h3-5,7-8,14H,2,6,9-12H2,1H3. The molecule has 4 rings (SSSR count). The van der Waals surface area contributed by atoms with Gasteiger partial charge in [0.15, 0.2) is 5.82 Å². The Hall–Kier alpha value is -2.54. The number of aromatic nitrogens is 4. The van der Waals surface area contributed by atoms with Crippen LogP contribution in [0.25, 0.3) is 0 Å². The molecule has 0 amide bonds. The van der Waals surface area contributed by atoms with Crippen LogP contribution in [-0.2, 0) is 19.4 Å². The fraction of sp³-hybridized carbons (Fsp3) is 0.444. The highest BCUT2D eigenvalue weighted by Gasteiger charge is 2.31. The normalized spacial score (nSPS) is 18.0. The van der Waals surface area contributed by atoms with Crippen LogP contribution < -0.4 is 0 Å². The minimum absolute atomic E-state index is 0.161. The van der Waals surface area contributed by atoms with Gasteiger partial charge in [-0.2, -0.15) is 4.98 Å². The summed E-state index contributed by atoms with van der Waals surface area (Å²) >= 11 is 0. The minimum atomic E-state index is 0.161. The third-order valence-corrected chi connectivity index (χ3v) is 4.49. The van der Waals surface area contributed by atoms with Crippen LogP contribution in [0.4, 0.5) is 0 Å². The Morgan fingerprint density at radius 1 is 1.12 bits per heavy atom. The van der Waals surface area contributed by atoms with Crippen molar-refractivity contribution < 1.29 is 8.94 Å². The lowest BCUT2D eigenvalue weighted by Gasteiger charge is -2.19. The highest BCUT2D eigenvalue weighted by molar-refractivity contribution is 5.17. The Morgan fingerprint density at radius 3 is 2.76 bits per heavy atom. The molecule has 130 valence electrons. The van der Waals surface area contributed by atoms with E-state index in [9.17, 15) is 0 Å². The molecule has 1 aromatic carbocycles. The van der Waals surface area contributed by atoms with E-state index in [2.05, 4.69) is 37.4 Å². The molecule has 0 N–H and O–H groups in total. The van der Waals surface area contributed by atoms with Crippen molar-refractivity contribution in [2.75, 3.05) is 6.54 Å². The Kier molecular flexibility index (Phi) is 4.56. The first kappa shape index (κ1) is 16.0. The third kappa shape index (κ3) is 3.61. The van der Waals surface area contributed by atoms with Crippen molar-refractivity contribution in [3.8, 4) is 0 Å². The number of rotatable bonds is 6. The van der Waals surface area contributed by atoms with Crippen LogP contribution in [0, 0.1) is 0 Å². The second-order valence-electron chi connectivity index (χ2n) is 6.28. The van der Waals surface area contributed by atoms with Gasteiger partial charge in [-0.3, -0.25) is 4.90 Å². The van der Waals surface area contributed by atoms with E-state index < -0.39 is 0 Å². The number of hydrogen-bond donors (Lipinski definition) is 0. The van der Waals surface area contributed by atoms with E-state index in [-0.39, 0.29) is 6.04 Å². The van der Waals surface area contributed by atoms with Crippen molar-refractivity contribution >= 4 is 0 Å². The Bertz CT molecular complexity index is 814. The molecule has 1 fully saturated rings. The van der Waals surface area contributed by atoms with Crippen LogP contribution in [0.2, 0.25) is 0 Å². The fourth-order valence-corrected chi connectivity index (χ4v) is 3.22. The van der Waals surface area contributed by atoms with Crippen molar-refractivity contribution in [1.29, 1.82) is 0 Å².